The van der Waals surface area contributed by atoms with Crippen LogP contribution in [0.4, 0.5) is 0 Å². The van der Waals surface area contributed by atoms with E-state index in [1.54, 1.807) is 33.1 Å². The SMILES string of the molecule is CN(C)C(=S)OS(=O)(=O)CCC(S)C(=S)N(C)C. The molecule has 0 saturated carbocycles. The van der Waals surface area contributed by atoms with Gasteiger partial charge in [0.15, 0.2) is 0 Å². The van der Waals surface area contributed by atoms with E-state index in [1.807, 2.05) is 0 Å². The van der Waals surface area contributed by atoms with Crippen LogP contribution in [0.2, 0.25) is 0 Å². The van der Waals surface area contributed by atoms with Crippen molar-refractivity contribution in [1.29, 1.82) is 0 Å². The maximum atomic E-state index is 11.6. The van der Waals surface area contributed by atoms with Crippen LogP contribution in [0, 0.1) is 0 Å². The Morgan fingerprint density at radius 3 is 2.11 bits per heavy atom. The molecule has 0 aliphatic carbocycles. The fourth-order valence-electron chi connectivity index (χ4n) is 0.902. The van der Waals surface area contributed by atoms with Crippen molar-refractivity contribution >= 4 is 57.3 Å². The second-order valence-corrected chi connectivity index (χ2v) is 7.12. The summed E-state index contributed by atoms with van der Waals surface area (Å²) >= 11 is 14.1. The van der Waals surface area contributed by atoms with Crippen LogP contribution in [0.25, 0.3) is 0 Å². The monoisotopic (exact) mass is 330 g/mol. The predicted octanol–water partition coefficient (Wildman–Crippen LogP) is 0.757. The largest absolute Gasteiger partial charge is 0.371 e. The van der Waals surface area contributed by atoms with E-state index in [0.29, 0.717) is 4.99 Å². The molecule has 0 fully saturated rings. The first-order valence-corrected chi connectivity index (χ1v) is 8.00. The van der Waals surface area contributed by atoms with E-state index < -0.39 is 10.1 Å². The summed E-state index contributed by atoms with van der Waals surface area (Å²) in [5.41, 5.74) is 0. The van der Waals surface area contributed by atoms with Crippen LogP contribution in [0.5, 0.6) is 0 Å². The minimum Gasteiger partial charge on any atom is -0.371 e. The molecule has 0 aromatic rings. The Morgan fingerprint density at radius 1 is 1.22 bits per heavy atom. The maximum Gasteiger partial charge on any atom is 0.311 e. The van der Waals surface area contributed by atoms with E-state index >= 15 is 0 Å². The molecule has 0 saturated heterocycles. The molecule has 0 amide bonds. The molecule has 18 heavy (non-hydrogen) atoms. The molecular weight excluding hydrogens is 312 g/mol. The van der Waals surface area contributed by atoms with Gasteiger partial charge < -0.3 is 14.0 Å². The minimum atomic E-state index is -3.69. The summed E-state index contributed by atoms with van der Waals surface area (Å²) in [4.78, 5) is 3.73. The van der Waals surface area contributed by atoms with E-state index in [9.17, 15) is 8.42 Å². The van der Waals surface area contributed by atoms with Crippen LogP contribution in [0.3, 0.4) is 0 Å². The summed E-state index contributed by atoms with van der Waals surface area (Å²) < 4.78 is 28.0. The van der Waals surface area contributed by atoms with Crippen LogP contribution < -0.4 is 0 Å². The third-order valence-electron chi connectivity index (χ3n) is 1.93. The van der Waals surface area contributed by atoms with Crippen molar-refractivity contribution in [1.82, 2.24) is 9.80 Å². The highest BCUT2D eigenvalue weighted by molar-refractivity contribution is 7.89. The van der Waals surface area contributed by atoms with Gasteiger partial charge in [0.2, 0.25) is 0 Å². The van der Waals surface area contributed by atoms with Crippen molar-refractivity contribution in [2.45, 2.75) is 11.7 Å². The lowest BCUT2D eigenvalue weighted by molar-refractivity contribution is 0.429. The fraction of sp³-hybridized carbons (Fsp3) is 0.778. The van der Waals surface area contributed by atoms with E-state index in [1.165, 1.54) is 4.90 Å². The van der Waals surface area contributed by atoms with Gasteiger partial charge in [-0.15, -0.1) is 0 Å². The Morgan fingerprint density at radius 2 is 1.72 bits per heavy atom. The third kappa shape index (κ3) is 6.72. The molecule has 0 aromatic heterocycles. The first-order chi connectivity index (χ1) is 8.07. The summed E-state index contributed by atoms with van der Waals surface area (Å²) in [6.45, 7) is 0. The quantitative estimate of drug-likeness (QED) is 0.454. The van der Waals surface area contributed by atoms with Gasteiger partial charge in [-0.05, 0) is 18.6 Å². The average molecular weight is 331 g/mol. The fourth-order valence-corrected chi connectivity index (χ4v) is 2.84. The number of nitrogens with zero attached hydrogens (tertiary/aromatic N) is 2. The lowest BCUT2D eigenvalue weighted by Gasteiger charge is -2.19. The minimum absolute atomic E-state index is 0.0825. The number of rotatable bonds is 5. The van der Waals surface area contributed by atoms with E-state index in [0.717, 1.165) is 0 Å². The van der Waals surface area contributed by atoms with Crippen molar-refractivity contribution in [2.24, 2.45) is 0 Å². The molecule has 106 valence electrons. The van der Waals surface area contributed by atoms with Crippen LogP contribution in [0.1, 0.15) is 6.42 Å². The van der Waals surface area contributed by atoms with Gasteiger partial charge in [0.05, 0.1) is 16.0 Å². The number of hydrogen-bond donors (Lipinski definition) is 1. The summed E-state index contributed by atoms with van der Waals surface area (Å²) in [5, 5.41) is -0.387. The Hall–Kier alpha value is -0.120. The Balaban J connectivity index is 4.36. The molecule has 1 unspecified atom stereocenters. The van der Waals surface area contributed by atoms with E-state index in [2.05, 4.69) is 12.6 Å². The molecule has 0 spiro atoms. The van der Waals surface area contributed by atoms with Gasteiger partial charge in [-0.1, -0.05) is 12.2 Å². The van der Waals surface area contributed by atoms with Crippen molar-refractivity contribution in [3.8, 4) is 0 Å². The second kappa shape index (κ2) is 7.46. The highest BCUT2D eigenvalue weighted by Gasteiger charge is 2.20. The van der Waals surface area contributed by atoms with Gasteiger partial charge in [0.25, 0.3) is 5.17 Å². The topological polar surface area (TPSA) is 49.9 Å². The summed E-state index contributed by atoms with van der Waals surface area (Å²) in [6.07, 6.45) is 0.276. The zero-order valence-electron chi connectivity index (χ0n) is 10.8. The molecule has 0 bridgehead atoms. The first kappa shape index (κ1) is 17.9. The number of hydrogen-bond acceptors (Lipinski definition) is 6. The van der Waals surface area contributed by atoms with Gasteiger partial charge >= 0.3 is 10.1 Å². The van der Waals surface area contributed by atoms with E-state index in [4.69, 9.17) is 28.6 Å². The highest BCUT2D eigenvalue weighted by atomic mass is 32.2. The predicted molar refractivity (Wildman–Crippen MR) is 84.8 cm³/mol. The molecule has 0 aromatic carbocycles. The average Bonchev–Trinajstić information content (AvgIpc) is 2.24. The molecule has 0 radical (unpaired) electrons. The molecule has 0 heterocycles. The van der Waals surface area contributed by atoms with Gasteiger partial charge in [0, 0.05) is 28.2 Å². The standard InChI is InChI=1S/C9H18N2O3S4/c1-10(2)8(16)7(15)5-6-18(12,13)14-9(17)11(3)4/h7,15H,5-6H2,1-4H3. The zero-order chi connectivity index (χ0) is 14.5. The number of thiocarbonyl (C=S) groups is 2. The van der Waals surface area contributed by atoms with Gasteiger partial charge in [-0.2, -0.15) is 21.0 Å². The Bertz CT molecular complexity index is 406. The van der Waals surface area contributed by atoms with Crippen LogP contribution in [0.15, 0.2) is 0 Å². The Labute approximate surface area is 125 Å². The van der Waals surface area contributed by atoms with Crippen molar-refractivity contribution in [3.63, 3.8) is 0 Å². The van der Waals surface area contributed by atoms with Gasteiger partial charge in [-0.3, -0.25) is 0 Å². The Kier molecular flexibility index (Phi) is 7.41. The highest BCUT2D eigenvalue weighted by Crippen LogP contribution is 2.10. The third-order valence-corrected chi connectivity index (χ3v) is 4.96. The normalized spacial score (nSPS) is 12.7. The number of thiol groups is 1. The molecule has 5 nitrogen and oxygen atoms in total. The summed E-state index contributed by atoms with van der Waals surface area (Å²) in [6, 6.07) is 0. The lowest BCUT2D eigenvalue weighted by atomic mass is 10.3. The molecule has 0 N–H and O–H groups in total. The smallest absolute Gasteiger partial charge is 0.311 e. The summed E-state index contributed by atoms with van der Waals surface area (Å²) in [7, 11) is 3.11. The molecule has 1 atom stereocenters. The lowest BCUT2D eigenvalue weighted by Crippen LogP contribution is -2.31. The summed E-state index contributed by atoms with van der Waals surface area (Å²) in [5.74, 6) is -0.177. The van der Waals surface area contributed by atoms with Crippen LogP contribution in [-0.2, 0) is 14.3 Å². The maximum absolute atomic E-state index is 11.6. The zero-order valence-corrected chi connectivity index (χ0v) is 14.1. The van der Waals surface area contributed by atoms with Crippen LogP contribution >= 0.6 is 37.1 Å². The van der Waals surface area contributed by atoms with Crippen molar-refractivity contribution < 1.29 is 12.6 Å². The second-order valence-electron chi connectivity index (χ2n) is 4.04. The van der Waals surface area contributed by atoms with Crippen molar-refractivity contribution in [2.75, 3.05) is 33.9 Å². The van der Waals surface area contributed by atoms with Gasteiger partial charge in [0.1, 0.15) is 0 Å². The first-order valence-electron chi connectivity index (χ1n) is 5.09. The van der Waals surface area contributed by atoms with E-state index in [-0.39, 0.29) is 22.6 Å². The van der Waals surface area contributed by atoms with Crippen LogP contribution in [-0.4, -0.2) is 67.6 Å². The van der Waals surface area contributed by atoms with Crippen molar-refractivity contribution in [3.05, 3.63) is 0 Å². The molecular formula is C9H18N2O3S4. The molecule has 9 heteroatoms. The molecule has 0 rings (SSSR count). The van der Waals surface area contributed by atoms with Gasteiger partial charge in [-0.25, -0.2) is 0 Å². The molecule has 0 aliphatic heterocycles. The molecule has 0 aliphatic rings.